The predicted molar refractivity (Wildman–Crippen MR) is 135 cm³/mol. The highest BCUT2D eigenvalue weighted by Gasteiger charge is 2.20. The topological polar surface area (TPSA) is 74.2 Å². The van der Waals surface area contributed by atoms with Crippen LogP contribution in [0.15, 0.2) is 47.5 Å². The van der Waals surface area contributed by atoms with Crippen molar-refractivity contribution in [3.05, 3.63) is 69.9 Å². The lowest BCUT2D eigenvalue weighted by atomic mass is 9.93. The van der Waals surface area contributed by atoms with Crippen LogP contribution in [0.2, 0.25) is 5.15 Å². The summed E-state index contributed by atoms with van der Waals surface area (Å²) in [6.07, 6.45) is 1.62. The van der Waals surface area contributed by atoms with E-state index in [9.17, 15) is 0 Å². The maximum absolute atomic E-state index is 6.39. The molecule has 3 aromatic rings. The number of anilines is 1. The quantitative estimate of drug-likeness (QED) is 0.442. The van der Waals surface area contributed by atoms with Gasteiger partial charge in [0.05, 0.1) is 34.2 Å². The second-order valence-corrected chi connectivity index (χ2v) is 8.16. The van der Waals surface area contributed by atoms with Crippen LogP contribution in [0.1, 0.15) is 22.3 Å². The molecule has 0 spiro atoms. The molecule has 8 heteroatoms. The molecule has 0 fully saturated rings. The first-order valence-electron chi connectivity index (χ1n) is 11.0. The van der Waals surface area contributed by atoms with Gasteiger partial charge in [-0.05, 0) is 60.4 Å². The summed E-state index contributed by atoms with van der Waals surface area (Å²) in [5.74, 6) is 3.50. The van der Waals surface area contributed by atoms with Crippen molar-refractivity contribution in [2.45, 2.75) is 12.8 Å². The Bertz CT molecular complexity index is 1210. The zero-order valence-electron chi connectivity index (χ0n) is 19.8. The Labute approximate surface area is 204 Å². The standard InChI is InChI=1S/C26H28ClN3O4/c1-31-20-6-5-16(11-21(20)32-2)7-9-28-25-14-18(13-24(27)30-25)26-19-15-23(34-4)22(33-3)12-17(19)8-10-29-26/h5-6,11-15H,7-10H2,1-4H3,(H,28,30). The molecular weight excluding hydrogens is 454 g/mol. The van der Waals surface area contributed by atoms with Crippen LogP contribution in [0, 0.1) is 0 Å². The molecule has 0 saturated heterocycles. The molecule has 0 atom stereocenters. The van der Waals surface area contributed by atoms with E-state index in [0.29, 0.717) is 47.1 Å². The van der Waals surface area contributed by atoms with Crippen molar-refractivity contribution in [3.63, 3.8) is 0 Å². The maximum Gasteiger partial charge on any atom is 0.161 e. The first kappa shape index (κ1) is 23.7. The molecule has 2 heterocycles. The Morgan fingerprint density at radius 2 is 1.56 bits per heavy atom. The van der Waals surface area contributed by atoms with Gasteiger partial charge < -0.3 is 24.3 Å². The maximum atomic E-state index is 6.39. The number of methoxy groups -OCH3 is 4. The van der Waals surface area contributed by atoms with Gasteiger partial charge in [-0.3, -0.25) is 4.99 Å². The van der Waals surface area contributed by atoms with Crippen LogP contribution in [0.25, 0.3) is 0 Å². The van der Waals surface area contributed by atoms with Gasteiger partial charge in [-0.2, -0.15) is 0 Å². The molecule has 2 aromatic carbocycles. The number of hydrogen-bond donors (Lipinski definition) is 1. The summed E-state index contributed by atoms with van der Waals surface area (Å²) in [7, 11) is 6.54. The van der Waals surface area contributed by atoms with E-state index in [-0.39, 0.29) is 0 Å². The normalized spacial score (nSPS) is 12.4. The van der Waals surface area contributed by atoms with E-state index in [1.807, 2.05) is 42.5 Å². The van der Waals surface area contributed by atoms with Crippen molar-refractivity contribution in [1.82, 2.24) is 4.98 Å². The van der Waals surface area contributed by atoms with Crippen molar-refractivity contribution in [1.29, 1.82) is 0 Å². The minimum Gasteiger partial charge on any atom is -0.493 e. The number of fused-ring (bicyclic) bond motifs is 1. The minimum absolute atomic E-state index is 0.404. The SMILES string of the molecule is COc1ccc(CCNc2cc(C3=NCCc4cc(OC)c(OC)cc43)cc(Cl)n2)cc1OC. The smallest absolute Gasteiger partial charge is 0.161 e. The molecule has 0 bridgehead atoms. The molecule has 4 rings (SSSR count). The fourth-order valence-corrected chi connectivity index (χ4v) is 4.27. The van der Waals surface area contributed by atoms with E-state index in [1.54, 1.807) is 28.4 Å². The molecule has 0 unspecified atom stereocenters. The monoisotopic (exact) mass is 481 g/mol. The summed E-state index contributed by atoms with van der Waals surface area (Å²) >= 11 is 6.39. The van der Waals surface area contributed by atoms with E-state index in [2.05, 4.69) is 10.3 Å². The molecule has 0 aliphatic carbocycles. The fourth-order valence-electron chi connectivity index (χ4n) is 4.06. The highest BCUT2D eigenvalue weighted by molar-refractivity contribution is 6.30. The Kier molecular flexibility index (Phi) is 7.43. The van der Waals surface area contributed by atoms with Gasteiger partial charge in [0, 0.05) is 24.2 Å². The van der Waals surface area contributed by atoms with Gasteiger partial charge in [-0.1, -0.05) is 17.7 Å². The van der Waals surface area contributed by atoms with E-state index < -0.39 is 0 Å². The summed E-state index contributed by atoms with van der Waals surface area (Å²) in [5.41, 5.74) is 5.08. The van der Waals surface area contributed by atoms with Gasteiger partial charge >= 0.3 is 0 Å². The second-order valence-electron chi connectivity index (χ2n) is 7.77. The Balaban J connectivity index is 1.54. The summed E-state index contributed by atoms with van der Waals surface area (Å²) in [5, 5.41) is 3.78. The van der Waals surface area contributed by atoms with Crippen molar-refractivity contribution in [2.75, 3.05) is 46.8 Å². The van der Waals surface area contributed by atoms with Crippen LogP contribution in [0.4, 0.5) is 5.82 Å². The van der Waals surface area contributed by atoms with Gasteiger partial charge in [0.15, 0.2) is 23.0 Å². The number of hydrogen-bond acceptors (Lipinski definition) is 7. The number of pyridine rings is 1. The third-order valence-electron chi connectivity index (χ3n) is 5.75. The largest absolute Gasteiger partial charge is 0.493 e. The van der Waals surface area contributed by atoms with Crippen molar-refractivity contribution in [2.24, 2.45) is 4.99 Å². The number of aromatic nitrogens is 1. The highest BCUT2D eigenvalue weighted by atomic mass is 35.5. The third-order valence-corrected chi connectivity index (χ3v) is 5.94. The van der Waals surface area contributed by atoms with Gasteiger partial charge in [0.2, 0.25) is 0 Å². The fraction of sp³-hybridized carbons (Fsp3) is 0.308. The molecule has 0 amide bonds. The second kappa shape index (κ2) is 10.7. The van der Waals surface area contributed by atoms with Crippen LogP contribution < -0.4 is 24.3 Å². The Hall–Kier alpha value is -3.45. The van der Waals surface area contributed by atoms with Crippen LogP contribution in [0.3, 0.4) is 0 Å². The number of halogens is 1. The number of benzene rings is 2. The summed E-state index contributed by atoms with van der Waals surface area (Å²) in [4.78, 5) is 9.25. The zero-order valence-corrected chi connectivity index (χ0v) is 20.5. The molecular formula is C26H28ClN3O4. The predicted octanol–water partition coefficient (Wildman–Crippen LogP) is 4.82. The third kappa shape index (κ3) is 5.04. The van der Waals surface area contributed by atoms with Crippen LogP contribution in [-0.2, 0) is 12.8 Å². The van der Waals surface area contributed by atoms with E-state index in [0.717, 1.165) is 35.2 Å². The van der Waals surface area contributed by atoms with Crippen LogP contribution in [-0.4, -0.2) is 52.2 Å². The van der Waals surface area contributed by atoms with Crippen LogP contribution >= 0.6 is 11.6 Å². The Morgan fingerprint density at radius 1 is 0.853 bits per heavy atom. The average molecular weight is 482 g/mol. The molecule has 0 radical (unpaired) electrons. The van der Waals surface area contributed by atoms with Gasteiger partial charge in [0.25, 0.3) is 0 Å². The molecule has 34 heavy (non-hydrogen) atoms. The summed E-state index contributed by atoms with van der Waals surface area (Å²) in [6.45, 7) is 1.37. The average Bonchev–Trinajstić information content (AvgIpc) is 2.86. The number of ether oxygens (including phenoxy) is 4. The zero-order chi connectivity index (χ0) is 24.1. The molecule has 178 valence electrons. The van der Waals surface area contributed by atoms with E-state index in [4.69, 9.17) is 35.5 Å². The summed E-state index contributed by atoms with van der Waals surface area (Å²) < 4.78 is 21.7. The number of rotatable bonds is 9. The highest BCUT2D eigenvalue weighted by Crippen LogP contribution is 2.34. The lowest BCUT2D eigenvalue weighted by Gasteiger charge is -2.20. The number of nitrogens with one attached hydrogen (secondary N) is 1. The van der Waals surface area contributed by atoms with E-state index in [1.165, 1.54) is 5.56 Å². The lowest BCUT2D eigenvalue weighted by molar-refractivity contribution is 0.354. The van der Waals surface area contributed by atoms with Crippen molar-refractivity contribution < 1.29 is 18.9 Å². The van der Waals surface area contributed by atoms with Gasteiger partial charge in [0.1, 0.15) is 11.0 Å². The number of nitrogens with zero attached hydrogens (tertiary/aromatic N) is 2. The van der Waals surface area contributed by atoms with Gasteiger partial charge in [-0.25, -0.2) is 4.98 Å². The number of aliphatic imine (C=N–C) groups is 1. The van der Waals surface area contributed by atoms with Crippen molar-refractivity contribution in [3.8, 4) is 23.0 Å². The Morgan fingerprint density at radius 3 is 2.29 bits per heavy atom. The molecule has 7 nitrogen and oxygen atoms in total. The van der Waals surface area contributed by atoms with E-state index >= 15 is 0 Å². The molecule has 1 N–H and O–H groups in total. The first-order valence-corrected chi connectivity index (χ1v) is 11.4. The minimum atomic E-state index is 0.404. The molecule has 1 aliphatic heterocycles. The molecule has 1 aliphatic rings. The van der Waals surface area contributed by atoms with Crippen LogP contribution in [0.5, 0.6) is 23.0 Å². The molecule has 0 saturated carbocycles. The first-order chi connectivity index (χ1) is 16.6. The lowest BCUT2D eigenvalue weighted by Crippen LogP contribution is -2.16. The van der Waals surface area contributed by atoms with Crippen molar-refractivity contribution >= 4 is 23.1 Å². The van der Waals surface area contributed by atoms with Gasteiger partial charge in [-0.15, -0.1) is 0 Å². The summed E-state index contributed by atoms with van der Waals surface area (Å²) in [6, 6.07) is 13.7. The molecule has 1 aromatic heterocycles.